The van der Waals surface area contributed by atoms with Crippen LogP contribution in [0.5, 0.6) is 0 Å². The van der Waals surface area contributed by atoms with Gasteiger partial charge in [0.1, 0.15) is 11.1 Å². The van der Waals surface area contributed by atoms with Gasteiger partial charge in [-0.15, -0.1) is 11.8 Å². The number of aromatic carboxylic acids is 1. The molecule has 2 atom stereocenters. The van der Waals surface area contributed by atoms with E-state index in [-0.39, 0.29) is 11.6 Å². The highest BCUT2D eigenvalue weighted by atomic mass is 32.2. The van der Waals surface area contributed by atoms with Crippen LogP contribution in [0, 0.1) is 0 Å². The molecular weight excluding hydrogens is 528 g/mol. The number of thioether (sulfide) groups is 1. The third-order valence-corrected chi connectivity index (χ3v) is 8.90. The van der Waals surface area contributed by atoms with Crippen LogP contribution >= 0.6 is 11.8 Å². The van der Waals surface area contributed by atoms with Crippen LogP contribution in [-0.4, -0.2) is 65.1 Å². The number of carbonyl (C=O) groups is 1. The van der Waals surface area contributed by atoms with E-state index in [0.29, 0.717) is 40.5 Å². The lowest BCUT2D eigenvalue weighted by Gasteiger charge is -2.25. The minimum Gasteiger partial charge on any atom is -0.477 e. The highest BCUT2D eigenvalue weighted by Gasteiger charge is 2.28. The summed E-state index contributed by atoms with van der Waals surface area (Å²) in [4.78, 5) is 33.9. The fraction of sp³-hybridized carbons (Fsp3) is 0.367. The molecule has 2 aromatic heterocycles. The van der Waals surface area contributed by atoms with Crippen molar-refractivity contribution in [1.29, 1.82) is 0 Å². The van der Waals surface area contributed by atoms with Gasteiger partial charge in [-0.25, -0.2) is 4.79 Å². The van der Waals surface area contributed by atoms with Crippen molar-refractivity contribution in [2.75, 3.05) is 42.9 Å². The Balaban J connectivity index is 1.40. The predicted molar refractivity (Wildman–Crippen MR) is 158 cm³/mol. The normalized spacial score (nSPS) is 19.1. The molecule has 2 aliphatic rings. The summed E-state index contributed by atoms with van der Waals surface area (Å²) in [5, 5.41) is 10.2. The highest BCUT2D eigenvalue weighted by Crippen LogP contribution is 2.34. The maximum atomic E-state index is 12.8. The quantitative estimate of drug-likeness (QED) is 0.310. The van der Waals surface area contributed by atoms with E-state index in [2.05, 4.69) is 28.2 Å². The Morgan fingerprint density at radius 3 is 2.58 bits per heavy atom. The van der Waals surface area contributed by atoms with Crippen LogP contribution in [0.1, 0.15) is 36.0 Å². The molecule has 9 nitrogen and oxygen atoms in total. The maximum absolute atomic E-state index is 12.8. The fourth-order valence-corrected chi connectivity index (χ4v) is 6.74. The third-order valence-electron chi connectivity index (χ3n) is 7.87. The van der Waals surface area contributed by atoms with Crippen molar-refractivity contribution in [1.82, 2.24) is 9.55 Å². The summed E-state index contributed by atoms with van der Waals surface area (Å²) < 4.78 is 13.3. The summed E-state index contributed by atoms with van der Waals surface area (Å²) >= 11 is 1.86. The van der Waals surface area contributed by atoms with E-state index in [0.717, 1.165) is 43.6 Å². The zero-order valence-corrected chi connectivity index (χ0v) is 23.4. The molecular formula is C30H32N4O5S. The number of fused-ring (bicyclic) bond motifs is 1. The Bertz CT molecular complexity index is 1600. The number of methoxy groups -OCH3 is 1. The average Bonchev–Trinajstić information content (AvgIpc) is 3.72. The second-order valence-corrected chi connectivity index (χ2v) is 11.3. The number of pyridine rings is 1. The van der Waals surface area contributed by atoms with Gasteiger partial charge in [-0.2, -0.15) is 4.98 Å². The molecule has 40 heavy (non-hydrogen) atoms. The molecule has 0 saturated carbocycles. The average molecular weight is 561 g/mol. The molecule has 2 aromatic carbocycles. The number of aromatic nitrogens is 2. The summed E-state index contributed by atoms with van der Waals surface area (Å²) in [6.07, 6.45) is 7.93. The highest BCUT2D eigenvalue weighted by molar-refractivity contribution is 7.99. The molecule has 6 rings (SSSR count). The van der Waals surface area contributed by atoms with Crippen LogP contribution in [0.15, 0.2) is 63.9 Å². The molecule has 4 heterocycles. The van der Waals surface area contributed by atoms with Gasteiger partial charge in [0, 0.05) is 49.9 Å². The van der Waals surface area contributed by atoms with E-state index in [4.69, 9.17) is 14.1 Å². The summed E-state index contributed by atoms with van der Waals surface area (Å²) in [7, 11) is 1.70. The molecule has 0 amide bonds. The van der Waals surface area contributed by atoms with Gasteiger partial charge in [-0.05, 0) is 61.8 Å². The standard InChI is InChI=1S/C30H32N4O5S/c1-38-18-22-5-3-14-33(22)30-31-24-12-11-21(15-27(24)39-30)34-17-23(29(36)37)26(35)16-25(34)19-7-9-20(10-8-19)32-13-4-6-28(32)40-2/h7-12,15-17,22,28H,3-6,13-14,18H2,1-2H3,(H,36,37). The van der Waals surface area contributed by atoms with Crippen LogP contribution in [-0.2, 0) is 4.74 Å². The minimum absolute atomic E-state index is 0.218. The molecule has 0 spiro atoms. The van der Waals surface area contributed by atoms with E-state index in [9.17, 15) is 14.7 Å². The first kappa shape index (κ1) is 26.5. The molecule has 2 unspecified atom stereocenters. The Morgan fingerprint density at radius 1 is 1.07 bits per heavy atom. The van der Waals surface area contributed by atoms with Gasteiger partial charge in [-0.1, -0.05) is 12.1 Å². The van der Waals surface area contributed by atoms with Crippen molar-refractivity contribution >= 4 is 40.5 Å². The van der Waals surface area contributed by atoms with Gasteiger partial charge < -0.3 is 28.6 Å². The Kier molecular flexibility index (Phi) is 7.29. The summed E-state index contributed by atoms with van der Waals surface area (Å²) in [6.45, 7) is 2.48. The molecule has 10 heteroatoms. The number of rotatable bonds is 8. The van der Waals surface area contributed by atoms with Crippen LogP contribution in [0.2, 0.25) is 0 Å². The van der Waals surface area contributed by atoms with Gasteiger partial charge >= 0.3 is 5.97 Å². The first-order valence-corrected chi connectivity index (χ1v) is 14.8. The molecule has 2 aliphatic heterocycles. The largest absolute Gasteiger partial charge is 0.477 e. The Morgan fingerprint density at radius 2 is 1.82 bits per heavy atom. The monoisotopic (exact) mass is 560 g/mol. The first-order valence-electron chi connectivity index (χ1n) is 13.5. The summed E-state index contributed by atoms with van der Waals surface area (Å²) in [5.74, 6) is -1.26. The number of carboxylic acids is 1. The van der Waals surface area contributed by atoms with Crippen molar-refractivity contribution in [3.8, 4) is 16.9 Å². The van der Waals surface area contributed by atoms with E-state index in [1.807, 2.05) is 42.1 Å². The number of nitrogens with zero attached hydrogens (tertiary/aromatic N) is 4. The minimum atomic E-state index is -1.26. The molecule has 0 radical (unpaired) electrons. The Labute approximate surface area is 236 Å². The van der Waals surface area contributed by atoms with E-state index in [1.165, 1.54) is 18.7 Å². The number of benzene rings is 2. The number of oxazole rings is 1. The summed E-state index contributed by atoms with van der Waals surface area (Å²) in [5.41, 5.74) is 3.70. The van der Waals surface area contributed by atoms with Gasteiger partial charge in [0.2, 0.25) is 0 Å². The van der Waals surface area contributed by atoms with Crippen LogP contribution in [0.4, 0.5) is 11.7 Å². The molecule has 4 aromatic rings. The Hall–Kier alpha value is -3.76. The topological polar surface area (TPSA) is 101 Å². The molecule has 0 aliphatic carbocycles. The van der Waals surface area contributed by atoms with Crippen molar-refractivity contribution in [2.45, 2.75) is 37.1 Å². The van der Waals surface area contributed by atoms with Crippen molar-refractivity contribution < 1.29 is 19.1 Å². The number of hydrogen-bond acceptors (Lipinski definition) is 8. The fourth-order valence-electron chi connectivity index (χ4n) is 5.86. The third kappa shape index (κ3) is 4.86. The molecule has 1 N–H and O–H groups in total. The van der Waals surface area contributed by atoms with Gasteiger partial charge in [-0.3, -0.25) is 4.79 Å². The lowest BCUT2D eigenvalue weighted by atomic mass is 10.1. The second kappa shape index (κ2) is 11.0. The SMILES string of the molecule is COCC1CCCN1c1nc2ccc(-n3cc(C(=O)O)c(=O)cc3-c3ccc(N4CCCC4SC)cc3)cc2o1. The van der Waals surface area contributed by atoms with Crippen LogP contribution in [0.25, 0.3) is 28.0 Å². The zero-order valence-electron chi connectivity index (χ0n) is 22.6. The molecule has 2 fully saturated rings. The predicted octanol–water partition coefficient (Wildman–Crippen LogP) is 5.25. The van der Waals surface area contributed by atoms with Crippen molar-refractivity contribution in [2.24, 2.45) is 0 Å². The number of hydrogen-bond donors (Lipinski definition) is 1. The maximum Gasteiger partial charge on any atom is 0.341 e. The molecule has 2 saturated heterocycles. The van der Waals surface area contributed by atoms with Crippen LogP contribution in [0.3, 0.4) is 0 Å². The van der Waals surface area contributed by atoms with E-state index in [1.54, 1.807) is 11.7 Å². The van der Waals surface area contributed by atoms with E-state index < -0.39 is 11.4 Å². The number of anilines is 2. The van der Waals surface area contributed by atoms with E-state index >= 15 is 0 Å². The molecule has 0 bridgehead atoms. The lowest BCUT2D eigenvalue weighted by Crippen LogP contribution is -2.32. The molecule has 208 valence electrons. The van der Waals surface area contributed by atoms with Crippen LogP contribution < -0.4 is 15.2 Å². The smallest absolute Gasteiger partial charge is 0.341 e. The summed E-state index contributed by atoms with van der Waals surface area (Å²) in [6, 6.07) is 15.9. The van der Waals surface area contributed by atoms with Gasteiger partial charge in [0.15, 0.2) is 11.0 Å². The van der Waals surface area contributed by atoms with Crippen molar-refractivity contribution in [3.63, 3.8) is 0 Å². The van der Waals surface area contributed by atoms with Gasteiger partial charge in [0.05, 0.1) is 23.7 Å². The van der Waals surface area contributed by atoms with Crippen molar-refractivity contribution in [3.05, 3.63) is 70.5 Å². The lowest BCUT2D eigenvalue weighted by molar-refractivity contribution is 0.0695. The zero-order chi connectivity index (χ0) is 27.8. The first-order chi connectivity index (χ1) is 19.5. The number of ether oxygens (including phenoxy) is 1. The van der Waals surface area contributed by atoms with Gasteiger partial charge in [0.25, 0.3) is 6.01 Å². The second-order valence-electron chi connectivity index (χ2n) is 10.3. The number of carboxylic acid groups (broad SMARTS) is 1.